The number of amides is 1. The first-order valence-electron chi connectivity index (χ1n) is 10.3. The van der Waals surface area contributed by atoms with Gasteiger partial charge in [0.1, 0.15) is 17.5 Å². The van der Waals surface area contributed by atoms with E-state index in [0.717, 1.165) is 0 Å². The maximum Gasteiger partial charge on any atom is 0.259 e. The molecule has 2 heterocycles. The van der Waals surface area contributed by atoms with Gasteiger partial charge >= 0.3 is 0 Å². The zero-order chi connectivity index (χ0) is 22.5. The largest absolute Gasteiger partial charge is 0.472 e. The number of aliphatic hydroxyl groups is 1. The van der Waals surface area contributed by atoms with E-state index in [1.54, 1.807) is 29.2 Å². The van der Waals surface area contributed by atoms with Gasteiger partial charge < -0.3 is 19.6 Å². The summed E-state index contributed by atoms with van der Waals surface area (Å²) in [4.78, 5) is 21.4. The van der Waals surface area contributed by atoms with Crippen molar-refractivity contribution in [3.8, 4) is 17.7 Å². The molecule has 1 aromatic heterocycles. The van der Waals surface area contributed by atoms with Crippen LogP contribution in [0.4, 0.5) is 4.39 Å². The molecule has 0 spiro atoms. The molecule has 1 N–H and O–H groups in total. The quantitative estimate of drug-likeness (QED) is 0.762. The molecule has 0 aliphatic carbocycles. The van der Waals surface area contributed by atoms with Gasteiger partial charge in [-0.1, -0.05) is 30.9 Å². The second-order valence-corrected chi connectivity index (χ2v) is 8.19. The highest BCUT2D eigenvalue weighted by molar-refractivity contribution is 5.97. The molecule has 1 aromatic carbocycles. The molecule has 0 unspecified atom stereocenters. The van der Waals surface area contributed by atoms with Crippen LogP contribution in [0.2, 0.25) is 0 Å². The number of likely N-dealkylation sites (N-methyl/N-ethyl adjacent to an activating group) is 1. The molecule has 1 aliphatic rings. The van der Waals surface area contributed by atoms with Gasteiger partial charge in [0.2, 0.25) is 5.88 Å². The molecule has 31 heavy (non-hydrogen) atoms. The lowest BCUT2D eigenvalue weighted by atomic mass is 10.00. The van der Waals surface area contributed by atoms with Crippen molar-refractivity contribution in [1.82, 2.24) is 14.8 Å². The zero-order valence-electron chi connectivity index (χ0n) is 18.3. The molecule has 0 saturated carbocycles. The molecule has 1 amide bonds. The molecule has 6 nitrogen and oxygen atoms in total. The molecule has 0 fully saturated rings. The Morgan fingerprint density at radius 1 is 1.35 bits per heavy atom. The summed E-state index contributed by atoms with van der Waals surface area (Å²) in [5.74, 6) is 5.28. The van der Waals surface area contributed by atoms with Gasteiger partial charge in [-0.05, 0) is 39.2 Å². The fourth-order valence-electron chi connectivity index (χ4n) is 3.45. The standard InChI is InChI=1S/C24H28FN3O3/c1-16-13-28(17(2)15-29)24(30)20-11-18(9-10-19-7-5-6-8-21(19)25)12-26-23(20)31-22(16)14-27(3)4/h5-8,11-12,16-17,22,29H,13-15H2,1-4H3/t16-,17+,22-/m1/s1. The van der Waals surface area contributed by atoms with Crippen molar-refractivity contribution >= 4 is 5.91 Å². The van der Waals surface area contributed by atoms with Crippen LogP contribution in [0.3, 0.4) is 0 Å². The summed E-state index contributed by atoms with van der Waals surface area (Å²) in [5, 5.41) is 9.70. The van der Waals surface area contributed by atoms with Gasteiger partial charge in [-0.2, -0.15) is 0 Å². The highest BCUT2D eigenvalue weighted by Gasteiger charge is 2.33. The fraction of sp³-hybridized carbons (Fsp3) is 0.417. The predicted molar refractivity (Wildman–Crippen MR) is 116 cm³/mol. The van der Waals surface area contributed by atoms with Crippen LogP contribution in [0, 0.1) is 23.6 Å². The minimum atomic E-state index is -0.405. The van der Waals surface area contributed by atoms with E-state index in [2.05, 4.69) is 16.8 Å². The van der Waals surface area contributed by atoms with E-state index in [-0.39, 0.29) is 47.6 Å². The summed E-state index contributed by atoms with van der Waals surface area (Å²) in [5.41, 5.74) is 1.04. The Kier molecular flexibility index (Phi) is 7.26. The number of rotatable bonds is 4. The SMILES string of the molecule is C[C@@H]1CN([C@@H](C)CO)C(=O)c2cc(C#Cc3ccccc3F)cnc2O[C@@H]1CN(C)C. The number of halogens is 1. The second-order valence-electron chi connectivity index (χ2n) is 8.19. The van der Waals surface area contributed by atoms with Gasteiger partial charge in [0, 0.05) is 30.8 Å². The Bertz CT molecular complexity index is 999. The van der Waals surface area contributed by atoms with Crippen molar-refractivity contribution < 1.29 is 19.0 Å². The lowest BCUT2D eigenvalue weighted by Crippen LogP contribution is -2.49. The molecular weight excluding hydrogens is 397 g/mol. The van der Waals surface area contributed by atoms with Crippen molar-refractivity contribution in [3.05, 3.63) is 59.0 Å². The van der Waals surface area contributed by atoms with E-state index in [0.29, 0.717) is 18.7 Å². The third kappa shape index (κ3) is 5.40. The van der Waals surface area contributed by atoms with Crippen molar-refractivity contribution in [3.63, 3.8) is 0 Å². The number of hydrogen-bond acceptors (Lipinski definition) is 5. The summed E-state index contributed by atoms with van der Waals surface area (Å²) in [7, 11) is 3.92. The molecule has 0 radical (unpaired) electrons. The minimum absolute atomic E-state index is 0.0378. The van der Waals surface area contributed by atoms with Crippen LogP contribution in [0.25, 0.3) is 0 Å². The molecule has 164 valence electrons. The second kappa shape index (κ2) is 9.90. The highest BCUT2D eigenvalue weighted by atomic mass is 19.1. The van der Waals surface area contributed by atoms with Crippen molar-refractivity contribution in [2.24, 2.45) is 5.92 Å². The van der Waals surface area contributed by atoms with E-state index in [4.69, 9.17) is 4.74 Å². The summed E-state index contributed by atoms with van der Waals surface area (Å²) in [6.45, 7) is 4.80. The average Bonchev–Trinajstić information content (AvgIpc) is 2.75. The van der Waals surface area contributed by atoms with Gasteiger partial charge in [0.25, 0.3) is 5.91 Å². The maximum absolute atomic E-state index is 13.9. The smallest absolute Gasteiger partial charge is 0.259 e. The van der Waals surface area contributed by atoms with E-state index < -0.39 is 5.82 Å². The molecule has 7 heteroatoms. The third-order valence-electron chi connectivity index (χ3n) is 5.28. The minimum Gasteiger partial charge on any atom is -0.472 e. The fourth-order valence-corrected chi connectivity index (χ4v) is 3.45. The predicted octanol–water partition coefficient (Wildman–Crippen LogP) is 2.40. The van der Waals surface area contributed by atoms with Gasteiger partial charge in [-0.3, -0.25) is 4.79 Å². The normalized spacial score (nSPS) is 19.6. The lowest BCUT2D eigenvalue weighted by molar-refractivity contribution is 0.0348. The van der Waals surface area contributed by atoms with Crippen LogP contribution < -0.4 is 4.74 Å². The van der Waals surface area contributed by atoms with Gasteiger partial charge in [0.15, 0.2) is 0 Å². The van der Waals surface area contributed by atoms with Crippen molar-refractivity contribution in [1.29, 1.82) is 0 Å². The highest BCUT2D eigenvalue weighted by Crippen LogP contribution is 2.27. The summed E-state index contributed by atoms with van der Waals surface area (Å²) in [6, 6.07) is 7.53. The first kappa shape index (κ1) is 22.7. The number of aliphatic hydroxyl groups excluding tert-OH is 1. The van der Waals surface area contributed by atoms with Gasteiger partial charge in [-0.25, -0.2) is 9.37 Å². The van der Waals surface area contributed by atoms with Gasteiger partial charge in [-0.15, -0.1) is 0 Å². The Morgan fingerprint density at radius 3 is 2.77 bits per heavy atom. The zero-order valence-corrected chi connectivity index (χ0v) is 18.3. The Labute approximate surface area is 182 Å². The summed E-state index contributed by atoms with van der Waals surface area (Å²) >= 11 is 0. The van der Waals surface area contributed by atoms with Crippen LogP contribution in [0.1, 0.15) is 35.3 Å². The monoisotopic (exact) mass is 425 g/mol. The van der Waals surface area contributed by atoms with Crippen LogP contribution in [0.5, 0.6) is 5.88 Å². The molecule has 0 bridgehead atoms. The van der Waals surface area contributed by atoms with Crippen LogP contribution in [-0.2, 0) is 0 Å². The number of carbonyl (C=O) groups is 1. The number of pyridine rings is 1. The first-order valence-corrected chi connectivity index (χ1v) is 10.3. The number of carbonyl (C=O) groups excluding carboxylic acids is 1. The number of nitrogens with zero attached hydrogens (tertiary/aromatic N) is 3. The number of aromatic nitrogens is 1. The summed E-state index contributed by atoms with van der Waals surface area (Å²) < 4.78 is 20.0. The molecule has 1 aliphatic heterocycles. The number of fused-ring (bicyclic) bond motifs is 1. The van der Waals surface area contributed by atoms with Crippen molar-refractivity contribution in [2.75, 3.05) is 33.8 Å². The van der Waals surface area contributed by atoms with Crippen LogP contribution in [0.15, 0.2) is 36.5 Å². The van der Waals surface area contributed by atoms with Crippen LogP contribution >= 0.6 is 0 Å². The molecular formula is C24H28FN3O3. The Morgan fingerprint density at radius 2 is 2.10 bits per heavy atom. The Balaban J connectivity index is 2.02. The summed E-state index contributed by atoms with van der Waals surface area (Å²) in [6.07, 6.45) is 1.34. The van der Waals surface area contributed by atoms with Crippen molar-refractivity contribution in [2.45, 2.75) is 26.0 Å². The number of benzene rings is 1. The van der Waals surface area contributed by atoms with Gasteiger partial charge in [0.05, 0.1) is 18.2 Å². The molecule has 0 saturated heterocycles. The van der Waals surface area contributed by atoms with E-state index in [1.165, 1.54) is 12.3 Å². The molecule has 2 aromatic rings. The molecule has 3 rings (SSSR count). The third-order valence-corrected chi connectivity index (χ3v) is 5.28. The number of hydrogen-bond donors (Lipinski definition) is 1. The van der Waals surface area contributed by atoms with E-state index in [1.807, 2.05) is 32.8 Å². The topological polar surface area (TPSA) is 65.9 Å². The Hall–Kier alpha value is -2.95. The lowest BCUT2D eigenvalue weighted by Gasteiger charge is -2.37. The van der Waals surface area contributed by atoms with E-state index in [9.17, 15) is 14.3 Å². The first-order chi connectivity index (χ1) is 14.8. The maximum atomic E-state index is 13.9. The van der Waals surface area contributed by atoms with E-state index >= 15 is 0 Å². The average molecular weight is 426 g/mol. The van der Waals surface area contributed by atoms with Crippen LogP contribution in [-0.4, -0.2) is 71.7 Å². The number of ether oxygens (including phenoxy) is 1. The molecule has 3 atom stereocenters.